The van der Waals surface area contributed by atoms with E-state index >= 15 is 0 Å². The number of amides is 1. The van der Waals surface area contributed by atoms with Crippen LogP contribution in [0.3, 0.4) is 0 Å². The number of hydrogen-bond donors (Lipinski definition) is 2. The number of aromatic hydroxyl groups is 1. The molecule has 2 heterocycles. The van der Waals surface area contributed by atoms with Gasteiger partial charge < -0.3 is 14.3 Å². The Hall–Kier alpha value is -2.39. The standard InChI is InChI=1S/C28H38BrNO6S/c1-16(2)11-24-21(29)14-20(37-24)13-17(3)12-19(5)26(32)25-22(31)15-23(36-27(25)33)18(4)9-7-8-10-30-28(34)35-6/h8,10,14-19,31H,7,9,11-13H2,1-6H3,(H,30,34)/b10-8+. The third-order valence-electron chi connectivity index (χ3n) is 6.11. The molecular weight excluding hydrogens is 558 g/mol. The largest absolute Gasteiger partial charge is 0.507 e. The van der Waals surface area contributed by atoms with Crippen molar-refractivity contribution in [3.05, 3.63) is 60.4 Å². The Morgan fingerprint density at radius 1 is 1.19 bits per heavy atom. The highest BCUT2D eigenvalue weighted by Gasteiger charge is 2.26. The molecule has 9 heteroatoms. The first-order valence-corrected chi connectivity index (χ1v) is 14.2. The molecule has 0 bridgehead atoms. The second-order valence-corrected chi connectivity index (χ2v) is 12.2. The first kappa shape index (κ1) is 30.8. The summed E-state index contributed by atoms with van der Waals surface area (Å²) in [5.74, 6) is -0.222. The lowest BCUT2D eigenvalue weighted by molar-refractivity contribution is 0.0905. The highest BCUT2D eigenvalue weighted by Crippen LogP contribution is 2.33. The van der Waals surface area contributed by atoms with E-state index in [0.717, 1.165) is 17.3 Å². The van der Waals surface area contributed by atoms with Crippen LogP contribution in [0.2, 0.25) is 0 Å². The number of nitrogens with one attached hydrogen (secondary N) is 1. The van der Waals surface area contributed by atoms with Gasteiger partial charge in [-0.2, -0.15) is 0 Å². The van der Waals surface area contributed by atoms with Gasteiger partial charge >= 0.3 is 11.7 Å². The quantitative estimate of drug-likeness (QED) is 0.237. The SMILES string of the molecule is COC(=O)N/C=C/CCC(C)c1cc(O)c(C(=O)C(C)CC(C)Cc2cc(Br)c(CC(C)C)s2)c(=O)o1. The van der Waals surface area contributed by atoms with E-state index in [1.807, 2.05) is 6.92 Å². The summed E-state index contributed by atoms with van der Waals surface area (Å²) in [5.41, 5.74) is -1.09. The fourth-order valence-corrected chi connectivity index (χ4v) is 6.45. The van der Waals surface area contributed by atoms with E-state index in [-0.39, 0.29) is 23.1 Å². The summed E-state index contributed by atoms with van der Waals surface area (Å²) in [5, 5.41) is 13.0. The first-order valence-electron chi connectivity index (χ1n) is 12.6. The molecule has 0 aliphatic rings. The highest BCUT2D eigenvalue weighted by molar-refractivity contribution is 9.10. The van der Waals surface area contributed by atoms with Crippen LogP contribution in [-0.4, -0.2) is 24.1 Å². The molecule has 37 heavy (non-hydrogen) atoms. The molecule has 0 spiro atoms. The van der Waals surface area contributed by atoms with Crippen molar-refractivity contribution in [2.24, 2.45) is 17.8 Å². The number of ether oxygens (including phenoxy) is 1. The molecule has 2 aromatic heterocycles. The summed E-state index contributed by atoms with van der Waals surface area (Å²) >= 11 is 5.46. The summed E-state index contributed by atoms with van der Waals surface area (Å²) < 4.78 is 11.0. The molecule has 2 rings (SSSR count). The minimum atomic E-state index is -0.810. The number of allylic oxidation sites excluding steroid dienone is 1. The van der Waals surface area contributed by atoms with E-state index < -0.39 is 23.4 Å². The Balaban J connectivity index is 1.99. The number of methoxy groups -OCH3 is 1. The molecule has 2 aromatic rings. The Morgan fingerprint density at radius 3 is 2.51 bits per heavy atom. The molecule has 2 N–H and O–H groups in total. The summed E-state index contributed by atoms with van der Waals surface area (Å²) in [6.45, 7) is 10.2. The fourth-order valence-electron chi connectivity index (χ4n) is 4.18. The zero-order chi connectivity index (χ0) is 27.7. The van der Waals surface area contributed by atoms with Gasteiger partial charge in [-0.05, 0) is 65.9 Å². The van der Waals surface area contributed by atoms with Crippen molar-refractivity contribution in [2.75, 3.05) is 7.11 Å². The predicted molar refractivity (Wildman–Crippen MR) is 151 cm³/mol. The van der Waals surface area contributed by atoms with E-state index in [1.54, 1.807) is 24.3 Å². The Bertz CT molecular complexity index is 1150. The molecule has 0 saturated carbocycles. The van der Waals surface area contributed by atoms with Crippen molar-refractivity contribution in [3.8, 4) is 5.75 Å². The highest BCUT2D eigenvalue weighted by atomic mass is 79.9. The van der Waals surface area contributed by atoms with Crippen molar-refractivity contribution in [1.29, 1.82) is 0 Å². The molecule has 0 saturated heterocycles. The van der Waals surface area contributed by atoms with E-state index in [1.165, 1.54) is 29.1 Å². The zero-order valence-electron chi connectivity index (χ0n) is 22.4. The Morgan fingerprint density at radius 2 is 1.89 bits per heavy atom. The maximum atomic E-state index is 13.1. The summed E-state index contributed by atoms with van der Waals surface area (Å²) in [6.07, 6.45) is 6.37. The number of thiophene rings is 1. The first-order chi connectivity index (χ1) is 17.4. The van der Waals surface area contributed by atoms with Gasteiger partial charge in [0.05, 0.1) is 7.11 Å². The summed E-state index contributed by atoms with van der Waals surface area (Å²) in [4.78, 5) is 39.4. The second-order valence-electron chi connectivity index (χ2n) is 10.1. The van der Waals surface area contributed by atoms with Crippen LogP contribution in [0.15, 0.2) is 38.1 Å². The average molecular weight is 597 g/mol. The molecular formula is C28H38BrNO6S. The molecule has 0 aliphatic carbocycles. The maximum absolute atomic E-state index is 13.1. The summed E-state index contributed by atoms with van der Waals surface area (Å²) in [6, 6.07) is 3.53. The van der Waals surface area contributed by atoms with Gasteiger partial charge in [-0.3, -0.25) is 10.1 Å². The van der Waals surface area contributed by atoms with E-state index in [0.29, 0.717) is 30.9 Å². The number of ketones is 1. The van der Waals surface area contributed by atoms with Crippen LogP contribution in [0.25, 0.3) is 0 Å². The molecule has 1 amide bonds. The zero-order valence-corrected chi connectivity index (χ0v) is 24.8. The van der Waals surface area contributed by atoms with Gasteiger partial charge in [0.1, 0.15) is 17.1 Å². The smallest absolute Gasteiger partial charge is 0.410 e. The van der Waals surface area contributed by atoms with Crippen molar-refractivity contribution >= 4 is 39.1 Å². The number of halogens is 1. The van der Waals surface area contributed by atoms with Crippen LogP contribution in [0.4, 0.5) is 4.79 Å². The third-order valence-corrected chi connectivity index (χ3v) is 8.26. The van der Waals surface area contributed by atoms with E-state index in [2.05, 4.69) is 52.8 Å². The topological polar surface area (TPSA) is 106 Å². The van der Waals surface area contributed by atoms with Crippen molar-refractivity contribution in [1.82, 2.24) is 5.32 Å². The van der Waals surface area contributed by atoms with Crippen LogP contribution in [0.1, 0.15) is 85.7 Å². The van der Waals surface area contributed by atoms with E-state index in [4.69, 9.17) is 4.42 Å². The second kappa shape index (κ2) is 14.5. The Labute approximate surface area is 231 Å². The van der Waals surface area contributed by atoms with Gasteiger partial charge in [0, 0.05) is 38.3 Å². The molecule has 0 aromatic carbocycles. The maximum Gasteiger partial charge on any atom is 0.410 e. The van der Waals surface area contributed by atoms with Crippen molar-refractivity contribution < 1.29 is 23.8 Å². The monoisotopic (exact) mass is 595 g/mol. The third kappa shape index (κ3) is 9.45. The van der Waals surface area contributed by atoms with Crippen LogP contribution in [0, 0.1) is 17.8 Å². The fraction of sp³-hybridized carbons (Fsp3) is 0.536. The minimum absolute atomic E-state index is 0.173. The number of alkyl carbamates (subject to hydrolysis) is 1. The lowest BCUT2D eigenvalue weighted by atomic mass is 9.88. The normalized spacial score (nSPS) is 14.1. The lowest BCUT2D eigenvalue weighted by Crippen LogP contribution is -2.22. The number of Topliss-reactive ketones (excluding diaryl/α,β-unsaturated/α-hetero) is 1. The predicted octanol–water partition coefficient (Wildman–Crippen LogP) is 7.21. The molecule has 7 nitrogen and oxygen atoms in total. The minimum Gasteiger partial charge on any atom is -0.507 e. The molecule has 3 atom stereocenters. The van der Waals surface area contributed by atoms with Crippen LogP contribution in [0.5, 0.6) is 5.75 Å². The van der Waals surface area contributed by atoms with Crippen molar-refractivity contribution in [3.63, 3.8) is 0 Å². The van der Waals surface area contributed by atoms with Crippen LogP contribution in [-0.2, 0) is 17.6 Å². The lowest BCUT2D eigenvalue weighted by Gasteiger charge is -2.17. The van der Waals surface area contributed by atoms with Gasteiger partial charge in [-0.1, -0.05) is 40.7 Å². The number of carbonyl (C=O) groups is 2. The van der Waals surface area contributed by atoms with E-state index in [9.17, 15) is 19.5 Å². The molecule has 0 radical (unpaired) electrons. The number of hydrogen-bond acceptors (Lipinski definition) is 7. The van der Waals surface area contributed by atoms with Crippen molar-refractivity contribution in [2.45, 2.75) is 72.6 Å². The molecule has 204 valence electrons. The van der Waals surface area contributed by atoms with Gasteiger partial charge in [-0.15, -0.1) is 11.3 Å². The molecule has 3 unspecified atom stereocenters. The summed E-state index contributed by atoms with van der Waals surface area (Å²) in [7, 11) is 1.28. The van der Waals surface area contributed by atoms with Crippen LogP contribution >= 0.6 is 27.3 Å². The molecule has 0 aliphatic heterocycles. The number of carbonyl (C=O) groups excluding carboxylic acids is 2. The van der Waals surface area contributed by atoms with Gasteiger partial charge in [0.15, 0.2) is 5.78 Å². The van der Waals surface area contributed by atoms with Crippen LogP contribution < -0.4 is 10.9 Å². The molecule has 0 fully saturated rings. The Kier molecular flexibility index (Phi) is 12.1. The van der Waals surface area contributed by atoms with Gasteiger partial charge in [-0.25, -0.2) is 9.59 Å². The number of rotatable bonds is 13. The van der Waals surface area contributed by atoms with Gasteiger partial charge in [0.2, 0.25) is 0 Å². The average Bonchev–Trinajstić information content (AvgIpc) is 3.14. The van der Waals surface area contributed by atoms with Gasteiger partial charge in [0.25, 0.3) is 0 Å².